The van der Waals surface area contributed by atoms with Gasteiger partial charge in [-0.05, 0) is 31.0 Å². The Morgan fingerprint density at radius 1 is 1.47 bits per heavy atom. The second-order valence-corrected chi connectivity index (χ2v) is 3.75. The van der Waals surface area contributed by atoms with Crippen LogP contribution in [0, 0.1) is 0 Å². The highest BCUT2D eigenvalue weighted by molar-refractivity contribution is 5.31. The third-order valence-corrected chi connectivity index (χ3v) is 2.60. The Balaban J connectivity index is 2.89. The number of aliphatic hydroxyl groups is 1. The van der Waals surface area contributed by atoms with E-state index < -0.39 is 0 Å². The van der Waals surface area contributed by atoms with Crippen LogP contribution in [0.25, 0.3) is 0 Å². The number of hydrogen-bond donors (Lipinski definition) is 2. The number of hydrogen-bond acceptors (Lipinski definition) is 3. The summed E-state index contributed by atoms with van der Waals surface area (Å²) in [7, 11) is 1.64. The van der Waals surface area contributed by atoms with E-state index in [4.69, 9.17) is 15.6 Å². The summed E-state index contributed by atoms with van der Waals surface area (Å²) in [6.45, 7) is 2.11. The molecule has 1 rings (SSSR count). The number of methoxy groups -OCH3 is 1. The lowest BCUT2D eigenvalue weighted by molar-refractivity contribution is 0.269. The zero-order valence-corrected chi connectivity index (χ0v) is 9.31. The first-order valence-electron chi connectivity index (χ1n) is 5.19. The number of benzene rings is 1. The average Bonchev–Trinajstić information content (AvgIpc) is 2.25. The fraction of sp³-hybridized carbons (Fsp3) is 0.500. The first-order valence-corrected chi connectivity index (χ1v) is 5.19. The molecule has 0 aliphatic carbocycles. The van der Waals surface area contributed by atoms with Crippen molar-refractivity contribution >= 4 is 0 Å². The molecule has 84 valence electrons. The van der Waals surface area contributed by atoms with Crippen molar-refractivity contribution in [3.63, 3.8) is 0 Å². The van der Waals surface area contributed by atoms with Gasteiger partial charge in [0.15, 0.2) is 0 Å². The second-order valence-electron chi connectivity index (χ2n) is 3.75. The Labute approximate surface area is 90.9 Å². The van der Waals surface area contributed by atoms with Crippen molar-refractivity contribution in [3.05, 3.63) is 29.8 Å². The van der Waals surface area contributed by atoms with E-state index in [1.807, 2.05) is 31.2 Å². The Kier molecular flexibility index (Phi) is 4.59. The van der Waals surface area contributed by atoms with E-state index in [0.29, 0.717) is 6.42 Å². The van der Waals surface area contributed by atoms with Crippen LogP contribution in [0.1, 0.15) is 24.8 Å². The van der Waals surface area contributed by atoms with Crippen LogP contribution >= 0.6 is 0 Å². The van der Waals surface area contributed by atoms with Crippen LogP contribution in [0.15, 0.2) is 24.3 Å². The summed E-state index contributed by atoms with van der Waals surface area (Å²) in [4.78, 5) is 0. The van der Waals surface area contributed by atoms with Crippen molar-refractivity contribution in [1.29, 1.82) is 0 Å². The Bertz CT molecular complexity index is 299. The van der Waals surface area contributed by atoms with Gasteiger partial charge in [-0.2, -0.15) is 0 Å². The monoisotopic (exact) mass is 209 g/mol. The summed E-state index contributed by atoms with van der Waals surface area (Å²) >= 11 is 0. The summed E-state index contributed by atoms with van der Waals surface area (Å²) in [5, 5.41) is 8.99. The van der Waals surface area contributed by atoms with Crippen molar-refractivity contribution in [1.82, 2.24) is 0 Å². The molecule has 0 saturated heterocycles. The molecule has 0 aromatic heterocycles. The van der Waals surface area contributed by atoms with E-state index in [1.54, 1.807) is 7.11 Å². The van der Waals surface area contributed by atoms with E-state index in [1.165, 1.54) is 0 Å². The van der Waals surface area contributed by atoms with E-state index in [-0.39, 0.29) is 18.6 Å². The molecule has 3 nitrogen and oxygen atoms in total. The first-order chi connectivity index (χ1) is 7.19. The van der Waals surface area contributed by atoms with E-state index in [0.717, 1.165) is 11.3 Å². The lowest BCUT2D eigenvalue weighted by Crippen LogP contribution is -2.25. The molecule has 0 saturated carbocycles. The third kappa shape index (κ3) is 3.22. The quantitative estimate of drug-likeness (QED) is 0.772. The normalized spacial score (nSPS) is 14.7. The molecule has 3 N–H and O–H groups in total. The SMILES string of the molecule is COc1cccc(C(CCO)C(C)N)c1. The number of rotatable bonds is 5. The van der Waals surface area contributed by atoms with Gasteiger partial charge in [0.05, 0.1) is 7.11 Å². The molecular weight excluding hydrogens is 190 g/mol. The highest BCUT2D eigenvalue weighted by atomic mass is 16.5. The van der Waals surface area contributed by atoms with E-state index >= 15 is 0 Å². The van der Waals surface area contributed by atoms with Crippen LogP contribution in [-0.4, -0.2) is 24.9 Å². The van der Waals surface area contributed by atoms with Gasteiger partial charge in [-0.1, -0.05) is 12.1 Å². The Hall–Kier alpha value is -1.06. The van der Waals surface area contributed by atoms with E-state index in [2.05, 4.69) is 0 Å². The van der Waals surface area contributed by atoms with Gasteiger partial charge in [-0.3, -0.25) is 0 Å². The molecule has 2 unspecified atom stereocenters. The van der Waals surface area contributed by atoms with Gasteiger partial charge < -0.3 is 15.6 Å². The Morgan fingerprint density at radius 3 is 2.73 bits per heavy atom. The van der Waals surface area contributed by atoms with Crippen LogP contribution in [0.4, 0.5) is 0 Å². The number of ether oxygens (including phenoxy) is 1. The summed E-state index contributed by atoms with van der Waals surface area (Å²) in [6, 6.07) is 7.88. The standard InChI is InChI=1S/C12H19NO2/c1-9(13)12(6-7-14)10-4-3-5-11(8-10)15-2/h3-5,8-9,12,14H,6-7,13H2,1-2H3. The largest absolute Gasteiger partial charge is 0.497 e. The van der Waals surface area contributed by atoms with E-state index in [9.17, 15) is 0 Å². The third-order valence-electron chi connectivity index (χ3n) is 2.60. The molecule has 0 heterocycles. The average molecular weight is 209 g/mol. The lowest BCUT2D eigenvalue weighted by Gasteiger charge is -2.20. The van der Waals surface area contributed by atoms with Crippen LogP contribution in [0.3, 0.4) is 0 Å². The predicted molar refractivity (Wildman–Crippen MR) is 61.1 cm³/mol. The molecule has 0 radical (unpaired) electrons. The fourth-order valence-corrected chi connectivity index (χ4v) is 1.74. The van der Waals surface area contributed by atoms with Gasteiger partial charge in [0.2, 0.25) is 0 Å². The number of nitrogens with two attached hydrogens (primary N) is 1. The van der Waals surface area contributed by atoms with Crippen LogP contribution in [0.5, 0.6) is 5.75 Å². The van der Waals surface area contributed by atoms with Gasteiger partial charge in [-0.25, -0.2) is 0 Å². The maximum atomic E-state index is 8.99. The fourth-order valence-electron chi connectivity index (χ4n) is 1.74. The zero-order chi connectivity index (χ0) is 11.3. The molecule has 0 aliphatic heterocycles. The molecule has 2 atom stereocenters. The smallest absolute Gasteiger partial charge is 0.119 e. The van der Waals surface area contributed by atoms with Gasteiger partial charge in [0.1, 0.15) is 5.75 Å². The molecular formula is C12H19NO2. The predicted octanol–water partition coefficient (Wildman–Crippen LogP) is 1.51. The summed E-state index contributed by atoms with van der Waals surface area (Å²) in [6.07, 6.45) is 0.685. The summed E-state index contributed by atoms with van der Waals surface area (Å²) in [5.74, 6) is 1.01. The molecule has 0 amide bonds. The summed E-state index contributed by atoms with van der Waals surface area (Å²) < 4.78 is 5.16. The van der Waals surface area contributed by atoms with Crippen molar-refractivity contribution in [3.8, 4) is 5.75 Å². The maximum Gasteiger partial charge on any atom is 0.119 e. The van der Waals surface area contributed by atoms with Crippen LogP contribution in [-0.2, 0) is 0 Å². The molecule has 1 aromatic rings. The van der Waals surface area contributed by atoms with Gasteiger partial charge in [-0.15, -0.1) is 0 Å². The highest BCUT2D eigenvalue weighted by Crippen LogP contribution is 2.25. The van der Waals surface area contributed by atoms with Gasteiger partial charge in [0, 0.05) is 18.6 Å². The minimum Gasteiger partial charge on any atom is -0.497 e. The highest BCUT2D eigenvalue weighted by Gasteiger charge is 2.15. The zero-order valence-electron chi connectivity index (χ0n) is 9.31. The minimum absolute atomic E-state index is 0.0317. The topological polar surface area (TPSA) is 55.5 Å². The Morgan fingerprint density at radius 2 is 2.20 bits per heavy atom. The van der Waals surface area contributed by atoms with Crippen molar-refractivity contribution in [2.45, 2.75) is 25.3 Å². The lowest BCUT2D eigenvalue weighted by atomic mass is 9.90. The number of aliphatic hydroxyl groups excluding tert-OH is 1. The van der Waals surface area contributed by atoms with Crippen LogP contribution < -0.4 is 10.5 Å². The summed E-state index contributed by atoms with van der Waals surface area (Å²) in [5.41, 5.74) is 7.02. The molecule has 0 bridgehead atoms. The maximum absolute atomic E-state index is 8.99. The van der Waals surface area contributed by atoms with Gasteiger partial charge >= 0.3 is 0 Å². The van der Waals surface area contributed by atoms with Crippen LogP contribution in [0.2, 0.25) is 0 Å². The molecule has 3 heteroatoms. The van der Waals surface area contributed by atoms with Gasteiger partial charge in [0.25, 0.3) is 0 Å². The minimum atomic E-state index is 0.0317. The molecule has 0 aliphatic rings. The molecule has 0 spiro atoms. The first kappa shape index (κ1) is 12.0. The molecule has 1 aromatic carbocycles. The molecule has 0 fully saturated rings. The van der Waals surface area contributed by atoms with Crippen molar-refractivity contribution in [2.75, 3.05) is 13.7 Å². The second kappa shape index (κ2) is 5.73. The van der Waals surface area contributed by atoms with Crippen molar-refractivity contribution in [2.24, 2.45) is 5.73 Å². The molecule has 15 heavy (non-hydrogen) atoms. The van der Waals surface area contributed by atoms with Crippen molar-refractivity contribution < 1.29 is 9.84 Å².